The van der Waals surface area contributed by atoms with Crippen LogP contribution >= 0.6 is 0 Å². The summed E-state index contributed by atoms with van der Waals surface area (Å²) in [4.78, 5) is 4.83. The summed E-state index contributed by atoms with van der Waals surface area (Å²) >= 11 is 0. The quantitative estimate of drug-likeness (QED) is 0.667. The first-order valence-electron chi connectivity index (χ1n) is 8.82. The van der Waals surface area contributed by atoms with Gasteiger partial charge in [-0.1, -0.05) is 19.8 Å². The van der Waals surface area contributed by atoms with Gasteiger partial charge in [0.25, 0.3) is 0 Å². The van der Waals surface area contributed by atoms with Crippen LogP contribution in [0, 0.1) is 5.41 Å². The summed E-state index contributed by atoms with van der Waals surface area (Å²) < 4.78 is 0. The second kappa shape index (κ2) is 7.91. The van der Waals surface area contributed by atoms with Gasteiger partial charge >= 0.3 is 0 Å². The molecule has 2 unspecified atom stereocenters. The highest BCUT2D eigenvalue weighted by atomic mass is 16.3. The van der Waals surface area contributed by atoms with E-state index in [9.17, 15) is 5.11 Å². The van der Waals surface area contributed by atoms with E-state index in [0.717, 1.165) is 32.6 Å². The third-order valence-electron chi connectivity index (χ3n) is 5.21. The predicted octanol–water partition coefficient (Wildman–Crippen LogP) is 1.54. The molecule has 0 bridgehead atoms. The SMILES string of the molecule is CCCNCC1(CN2CC(O)CC2CN(C)C)CCCC1. The molecule has 0 amide bonds. The molecular weight excluding hydrogens is 262 g/mol. The molecule has 0 aromatic rings. The lowest BCUT2D eigenvalue weighted by atomic mass is 9.85. The van der Waals surface area contributed by atoms with Crippen molar-refractivity contribution in [1.29, 1.82) is 0 Å². The van der Waals surface area contributed by atoms with Crippen LogP contribution in [0.1, 0.15) is 45.4 Å². The number of likely N-dealkylation sites (tertiary alicyclic amines) is 1. The number of nitrogens with zero attached hydrogens (tertiary/aromatic N) is 2. The van der Waals surface area contributed by atoms with Gasteiger partial charge in [-0.25, -0.2) is 0 Å². The Morgan fingerprint density at radius 1 is 1.29 bits per heavy atom. The van der Waals surface area contributed by atoms with E-state index in [-0.39, 0.29) is 6.10 Å². The van der Waals surface area contributed by atoms with Crippen molar-refractivity contribution in [1.82, 2.24) is 15.1 Å². The predicted molar refractivity (Wildman–Crippen MR) is 88.6 cm³/mol. The molecule has 21 heavy (non-hydrogen) atoms. The zero-order valence-electron chi connectivity index (χ0n) is 14.3. The topological polar surface area (TPSA) is 38.7 Å². The molecular formula is C17H35N3O. The molecule has 2 fully saturated rings. The maximum atomic E-state index is 10.1. The van der Waals surface area contributed by atoms with Crippen LogP contribution in [0.5, 0.6) is 0 Å². The average Bonchev–Trinajstić information content (AvgIpc) is 2.98. The van der Waals surface area contributed by atoms with Crippen molar-refractivity contribution in [2.45, 2.75) is 57.6 Å². The van der Waals surface area contributed by atoms with Crippen molar-refractivity contribution < 1.29 is 5.11 Å². The van der Waals surface area contributed by atoms with Crippen molar-refractivity contribution in [2.24, 2.45) is 5.41 Å². The van der Waals surface area contributed by atoms with E-state index in [0.29, 0.717) is 11.5 Å². The van der Waals surface area contributed by atoms with Crippen molar-refractivity contribution in [3.63, 3.8) is 0 Å². The second-order valence-electron chi connectivity index (χ2n) is 7.62. The molecule has 2 atom stereocenters. The first-order valence-corrected chi connectivity index (χ1v) is 8.82. The summed E-state index contributed by atoms with van der Waals surface area (Å²) in [5.74, 6) is 0. The van der Waals surface area contributed by atoms with Gasteiger partial charge in [-0.3, -0.25) is 4.90 Å². The molecule has 4 nitrogen and oxygen atoms in total. The molecule has 2 N–H and O–H groups in total. The average molecular weight is 297 g/mol. The lowest BCUT2D eigenvalue weighted by Crippen LogP contribution is -2.47. The van der Waals surface area contributed by atoms with Gasteiger partial charge in [-0.05, 0) is 51.7 Å². The fraction of sp³-hybridized carbons (Fsp3) is 1.00. The highest BCUT2D eigenvalue weighted by Crippen LogP contribution is 2.39. The smallest absolute Gasteiger partial charge is 0.0682 e. The molecule has 1 heterocycles. The van der Waals surface area contributed by atoms with E-state index >= 15 is 0 Å². The van der Waals surface area contributed by atoms with E-state index in [1.54, 1.807) is 0 Å². The minimum Gasteiger partial charge on any atom is -0.392 e. The normalized spacial score (nSPS) is 29.6. The Labute approximate surface area is 130 Å². The Hall–Kier alpha value is -0.160. The molecule has 4 heteroatoms. The summed E-state index contributed by atoms with van der Waals surface area (Å²) in [6, 6.07) is 0.527. The van der Waals surface area contributed by atoms with Crippen molar-refractivity contribution >= 4 is 0 Å². The monoisotopic (exact) mass is 297 g/mol. The highest BCUT2D eigenvalue weighted by molar-refractivity contribution is 4.95. The van der Waals surface area contributed by atoms with Crippen LogP contribution in [0.25, 0.3) is 0 Å². The van der Waals surface area contributed by atoms with Crippen LogP contribution < -0.4 is 5.32 Å². The summed E-state index contributed by atoms with van der Waals surface area (Å²) in [6.45, 7) is 7.62. The van der Waals surface area contributed by atoms with Gasteiger partial charge in [-0.2, -0.15) is 0 Å². The third-order valence-corrected chi connectivity index (χ3v) is 5.21. The Morgan fingerprint density at radius 3 is 2.62 bits per heavy atom. The van der Waals surface area contributed by atoms with Crippen LogP contribution in [-0.2, 0) is 0 Å². The van der Waals surface area contributed by atoms with Gasteiger partial charge in [0.1, 0.15) is 0 Å². The molecule has 1 saturated heterocycles. The molecule has 0 spiro atoms. The van der Waals surface area contributed by atoms with E-state index in [1.165, 1.54) is 38.6 Å². The van der Waals surface area contributed by atoms with Gasteiger partial charge in [0.05, 0.1) is 6.10 Å². The Bertz CT molecular complexity index is 302. The van der Waals surface area contributed by atoms with Gasteiger partial charge in [0, 0.05) is 32.2 Å². The number of β-amino-alcohol motifs (C(OH)–C–C–N with tert-alkyl or cyclic N) is 1. The second-order valence-corrected chi connectivity index (χ2v) is 7.62. The lowest BCUT2D eigenvalue weighted by molar-refractivity contribution is 0.114. The fourth-order valence-electron chi connectivity index (χ4n) is 4.24. The standard InChI is InChI=1S/C17H35N3O/c1-4-9-18-13-17(7-5-6-8-17)14-20-12-16(21)10-15(20)11-19(2)3/h15-16,18,21H,4-14H2,1-3H3. The van der Waals surface area contributed by atoms with Crippen LogP contribution in [-0.4, -0.2) is 73.9 Å². The summed E-state index contributed by atoms with van der Waals surface area (Å²) in [5.41, 5.74) is 0.448. The number of aliphatic hydroxyl groups excluding tert-OH is 1. The van der Waals surface area contributed by atoms with Gasteiger partial charge in [-0.15, -0.1) is 0 Å². The number of nitrogens with one attached hydrogen (secondary N) is 1. The number of hydrogen-bond acceptors (Lipinski definition) is 4. The molecule has 2 aliphatic rings. The van der Waals surface area contributed by atoms with Gasteiger partial charge < -0.3 is 15.3 Å². The zero-order valence-corrected chi connectivity index (χ0v) is 14.3. The molecule has 0 aromatic heterocycles. The summed E-state index contributed by atoms with van der Waals surface area (Å²) in [6.07, 6.45) is 7.48. The summed E-state index contributed by atoms with van der Waals surface area (Å²) in [5, 5.41) is 13.7. The number of rotatable bonds is 8. The summed E-state index contributed by atoms with van der Waals surface area (Å²) in [7, 11) is 4.27. The highest BCUT2D eigenvalue weighted by Gasteiger charge is 2.40. The van der Waals surface area contributed by atoms with Crippen molar-refractivity contribution in [2.75, 3.05) is 46.8 Å². The van der Waals surface area contributed by atoms with Crippen LogP contribution in [0.3, 0.4) is 0 Å². The zero-order chi connectivity index (χ0) is 15.3. The van der Waals surface area contributed by atoms with E-state index in [1.807, 2.05) is 0 Å². The first-order chi connectivity index (χ1) is 10.0. The Morgan fingerprint density at radius 2 is 2.00 bits per heavy atom. The van der Waals surface area contributed by atoms with Crippen LogP contribution in [0.2, 0.25) is 0 Å². The molecule has 1 aliphatic carbocycles. The Kier molecular flexibility index (Phi) is 6.48. The lowest BCUT2D eigenvalue weighted by Gasteiger charge is -2.37. The maximum absolute atomic E-state index is 10.1. The minimum atomic E-state index is -0.128. The molecule has 1 aliphatic heterocycles. The van der Waals surface area contributed by atoms with Crippen molar-refractivity contribution in [3.05, 3.63) is 0 Å². The Balaban J connectivity index is 1.94. The van der Waals surface area contributed by atoms with E-state index in [4.69, 9.17) is 0 Å². The third kappa shape index (κ3) is 4.92. The van der Waals surface area contributed by atoms with E-state index < -0.39 is 0 Å². The number of hydrogen-bond donors (Lipinski definition) is 2. The van der Waals surface area contributed by atoms with Crippen LogP contribution in [0.15, 0.2) is 0 Å². The van der Waals surface area contributed by atoms with E-state index in [2.05, 4.69) is 36.1 Å². The van der Waals surface area contributed by atoms with Crippen molar-refractivity contribution in [3.8, 4) is 0 Å². The molecule has 0 aromatic carbocycles. The van der Waals surface area contributed by atoms with Crippen LogP contribution in [0.4, 0.5) is 0 Å². The molecule has 1 saturated carbocycles. The number of aliphatic hydroxyl groups is 1. The fourth-order valence-corrected chi connectivity index (χ4v) is 4.24. The molecule has 124 valence electrons. The van der Waals surface area contributed by atoms with Gasteiger partial charge in [0.15, 0.2) is 0 Å². The van der Waals surface area contributed by atoms with Gasteiger partial charge in [0.2, 0.25) is 0 Å². The number of likely N-dealkylation sites (N-methyl/N-ethyl adjacent to an activating group) is 1. The minimum absolute atomic E-state index is 0.128. The maximum Gasteiger partial charge on any atom is 0.0682 e. The first kappa shape index (κ1) is 17.2. The molecule has 0 radical (unpaired) electrons. The molecule has 2 rings (SSSR count). The largest absolute Gasteiger partial charge is 0.392 e.